The van der Waals surface area contributed by atoms with Gasteiger partial charge in [-0.05, 0) is 25.5 Å². The summed E-state index contributed by atoms with van der Waals surface area (Å²) in [5.41, 5.74) is 1.31. The fourth-order valence-corrected chi connectivity index (χ4v) is 3.62. The number of H-pyrrole nitrogens is 1. The first-order chi connectivity index (χ1) is 13.5. The summed E-state index contributed by atoms with van der Waals surface area (Å²) in [5.74, 6) is -0.994. The molecule has 0 spiro atoms. The average molecular weight is 405 g/mol. The summed E-state index contributed by atoms with van der Waals surface area (Å²) < 4.78 is 14.3. The number of anilines is 1. The van der Waals surface area contributed by atoms with E-state index in [1.165, 1.54) is 6.20 Å². The molecule has 0 radical (unpaired) electrons. The lowest BCUT2D eigenvalue weighted by Gasteiger charge is -2.32. The number of carboxylic acids is 1. The van der Waals surface area contributed by atoms with E-state index in [4.69, 9.17) is 16.7 Å². The van der Waals surface area contributed by atoms with E-state index >= 15 is 0 Å². The molecule has 0 aliphatic carbocycles. The van der Waals surface area contributed by atoms with Crippen LogP contribution >= 0.6 is 11.6 Å². The number of aromatic nitrogens is 4. The Labute approximate surface area is 164 Å². The van der Waals surface area contributed by atoms with Crippen LogP contribution in [0.3, 0.4) is 0 Å². The minimum Gasteiger partial charge on any atom is -0.480 e. The molecule has 4 rings (SSSR count). The molecule has 8 nitrogen and oxygen atoms in total. The number of pyridine rings is 1. The number of carbonyl (C=O) groups is 1. The summed E-state index contributed by atoms with van der Waals surface area (Å²) in [6.07, 6.45) is 6.01. The second-order valence-electron chi connectivity index (χ2n) is 6.75. The van der Waals surface area contributed by atoms with E-state index < -0.39 is 11.8 Å². The molecule has 1 fully saturated rings. The fraction of sp³-hybridized carbons (Fsp3) is 0.333. The van der Waals surface area contributed by atoms with Crippen molar-refractivity contribution < 1.29 is 14.3 Å². The zero-order chi connectivity index (χ0) is 19.7. The highest BCUT2D eigenvalue weighted by Gasteiger charge is 2.23. The Hall–Kier alpha value is -2.78. The molecule has 28 heavy (non-hydrogen) atoms. The van der Waals surface area contributed by atoms with Crippen LogP contribution in [0.15, 0.2) is 24.7 Å². The first-order valence-corrected chi connectivity index (χ1v) is 9.23. The molecule has 0 aromatic carbocycles. The summed E-state index contributed by atoms with van der Waals surface area (Å²) in [6.45, 7) is 1.20. The van der Waals surface area contributed by atoms with Gasteiger partial charge in [0.05, 0.1) is 17.8 Å². The molecule has 3 aromatic heterocycles. The number of halogens is 2. The highest BCUT2D eigenvalue weighted by atomic mass is 35.5. The maximum Gasteiger partial charge on any atom is 0.317 e. The van der Waals surface area contributed by atoms with Gasteiger partial charge in [0.15, 0.2) is 17.5 Å². The van der Waals surface area contributed by atoms with Crippen LogP contribution in [-0.2, 0) is 4.79 Å². The predicted molar refractivity (Wildman–Crippen MR) is 103 cm³/mol. The number of piperidine rings is 1. The topological polar surface area (TPSA) is 107 Å². The lowest BCUT2D eigenvalue weighted by molar-refractivity contribution is -0.138. The maximum absolute atomic E-state index is 14.3. The van der Waals surface area contributed by atoms with Gasteiger partial charge in [-0.15, -0.1) is 0 Å². The molecule has 1 atom stereocenters. The zero-order valence-corrected chi connectivity index (χ0v) is 15.6. The van der Waals surface area contributed by atoms with Gasteiger partial charge in [-0.3, -0.25) is 9.69 Å². The summed E-state index contributed by atoms with van der Waals surface area (Å²) >= 11 is 6.03. The maximum atomic E-state index is 14.3. The fourth-order valence-electron chi connectivity index (χ4n) is 3.46. The Balaban J connectivity index is 1.59. The van der Waals surface area contributed by atoms with Gasteiger partial charge in [0.25, 0.3) is 0 Å². The Bertz CT molecular complexity index is 1030. The SMILES string of the molecule is O=C(O)CN1CCC[C@H](Nc2nc(-c3c[nH]c4ncc(Cl)cc34)ncc2F)C1. The largest absolute Gasteiger partial charge is 0.480 e. The summed E-state index contributed by atoms with van der Waals surface area (Å²) in [5, 5.41) is 13.3. The number of nitrogens with one attached hydrogen (secondary N) is 2. The first-order valence-electron chi connectivity index (χ1n) is 8.86. The van der Waals surface area contributed by atoms with Crippen molar-refractivity contribution in [2.24, 2.45) is 0 Å². The minimum absolute atomic E-state index is 0.0290. The molecule has 0 bridgehead atoms. The molecule has 4 heterocycles. The standard InChI is InChI=1S/C18H18ClFN6O2/c19-10-4-12-13(6-22-16(12)21-5-10)17-23-7-14(20)18(25-17)24-11-2-1-3-26(8-11)9-15(27)28/h4-7,11H,1-3,8-9H2,(H,21,22)(H,27,28)(H,23,24,25)/t11-/m0/s1. The number of aromatic amines is 1. The van der Waals surface area contributed by atoms with E-state index in [0.29, 0.717) is 35.1 Å². The van der Waals surface area contributed by atoms with Gasteiger partial charge in [-0.1, -0.05) is 11.6 Å². The van der Waals surface area contributed by atoms with E-state index in [1.54, 1.807) is 12.3 Å². The molecular formula is C18H18ClFN6O2. The normalized spacial score (nSPS) is 17.7. The number of fused-ring (bicyclic) bond motifs is 1. The lowest BCUT2D eigenvalue weighted by Crippen LogP contribution is -2.44. The number of hydrogen-bond donors (Lipinski definition) is 3. The van der Waals surface area contributed by atoms with Crippen LogP contribution in [0.1, 0.15) is 12.8 Å². The Kier molecular flexibility index (Phi) is 5.10. The third kappa shape index (κ3) is 3.90. The van der Waals surface area contributed by atoms with Crippen LogP contribution in [0.5, 0.6) is 0 Å². The predicted octanol–water partition coefficient (Wildman–Crippen LogP) is 2.77. The van der Waals surface area contributed by atoms with E-state index in [0.717, 1.165) is 24.4 Å². The third-order valence-corrected chi connectivity index (χ3v) is 4.89. The van der Waals surface area contributed by atoms with Crippen LogP contribution < -0.4 is 5.32 Å². The highest BCUT2D eigenvalue weighted by molar-refractivity contribution is 6.31. The summed E-state index contributed by atoms with van der Waals surface area (Å²) in [7, 11) is 0. The van der Waals surface area contributed by atoms with Crippen LogP contribution in [0, 0.1) is 5.82 Å². The molecule has 0 unspecified atom stereocenters. The average Bonchev–Trinajstić information content (AvgIpc) is 3.06. The van der Waals surface area contributed by atoms with Crippen LogP contribution in [0.2, 0.25) is 5.02 Å². The molecule has 1 aliphatic rings. The van der Waals surface area contributed by atoms with Gasteiger partial charge < -0.3 is 15.4 Å². The molecule has 0 amide bonds. The highest BCUT2D eigenvalue weighted by Crippen LogP contribution is 2.28. The van der Waals surface area contributed by atoms with Crippen molar-refractivity contribution in [1.29, 1.82) is 0 Å². The minimum atomic E-state index is -0.872. The van der Waals surface area contributed by atoms with Crippen molar-refractivity contribution in [3.8, 4) is 11.4 Å². The van der Waals surface area contributed by atoms with Gasteiger partial charge in [0.1, 0.15) is 5.65 Å². The number of hydrogen-bond acceptors (Lipinski definition) is 6. The van der Waals surface area contributed by atoms with Gasteiger partial charge in [-0.25, -0.2) is 19.3 Å². The number of aliphatic carboxylic acids is 1. The molecule has 3 aromatic rings. The molecule has 1 aliphatic heterocycles. The molecule has 146 valence electrons. The number of carboxylic acid groups (broad SMARTS) is 1. The van der Waals surface area contributed by atoms with Gasteiger partial charge in [0.2, 0.25) is 0 Å². The molecule has 10 heteroatoms. The summed E-state index contributed by atoms with van der Waals surface area (Å²) in [4.78, 5) is 28.5. The number of rotatable bonds is 5. The van der Waals surface area contributed by atoms with Gasteiger partial charge in [-0.2, -0.15) is 0 Å². The van der Waals surface area contributed by atoms with Crippen molar-refractivity contribution in [1.82, 2.24) is 24.8 Å². The van der Waals surface area contributed by atoms with Crippen molar-refractivity contribution in [3.05, 3.63) is 35.5 Å². The van der Waals surface area contributed by atoms with Crippen molar-refractivity contribution in [2.45, 2.75) is 18.9 Å². The third-order valence-electron chi connectivity index (χ3n) is 4.69. The monoisotopic (exact) mass is 404 g/mol. The van der Waals surface area contributed by atoms with Gasteiger partial charge >= 0.3 is 5.97 Å². The zero-order valence-electron chi connectivity index (χ0n) is 14.8. The lowest BCUT2D eigenvalue weighted by atomic mass is 10.1. The molecule has 0 saturated carbocycles. The van der Waals surface area contributed by atoms with E-state index in [9.17, 15) is 9.18 Å². The van der Waals surface area contributed by atoms with Crippen LogP contribution in [0.4, 0.5) is 10.2 Å². The molecule has 3 N–H and O–H groups in total. The van der Waals surface area contributed by atoms with Crippen molar-refractivity contribution in [2.75, 3.05) is 25.0 Å². The van der Waals surface area contributed by atoms with Crippen molar-refractivity contribution >= 4 is 34.4 Å². The van der Waals surface area contributed by atoms with Crippen molar-refractivity contribution in [3.63, 3.8) is 0 Å². The number of nitrogens with zero attached hydrogens (tertiary/aromatic N) is 4. The quantitative estimate of drug-likeness (QED) is 0.600. The smallest absolute Gasteiger partial charge is 0.317 e. The Morgan fingerprint density at radius 3 is 3.11 bits per heavy atom. The Morgan fingerprint density at radius 2 is 2.29 bits per heavy atom. The van der Waals surface area contributed by atoms with E-state index in [-0.39, 0.29) is 18.4 Å². The second kappa shape index (κ2) is 7.69. The Morgan fingerprint density at radius 1 is 1.43 bits per heavy atom. The summed E-state index contributed by atoms with van der Waals surface area (Å²) in [6, 6.07) is 1.66. The second-order valence-corrected chi connectivity index (χ2v) is 7.19. The van der Waals surface area contributed by atoms with Crippen LogP contribution in [0.25, 0.3) is 22.4 Å². The van der Waals surface area contributed by atoms with E-state index in [1.807, 2.05) is 4.90 Å². The molecule has 1 saturated heterocycles. The molecular weight excluding hydrogens is 387 g/mol. The van der Waals surface area contributed by atoms with E-state index in [2.05, 4.69) is 25.3 Å². The van der Waals surface area contributed by atoms with Crippen LogP contribution in [-0.4, -0.2) is 61.6 Å². The first kappa shape index (κ1) is 18.6. The number of likely N-dealkylation sites (tertiary alicyclic amines) is 1. The van der Waals surface area contributed by atoms with Gasteiger partial charge in [0, 0.05) is 35.9 Å².